The van der Waals surface area contributed by atoms with E-state index in [1.54, 1.807) is 14.2 Å². The first-order valence-corrected chi connectivity index (χ1v) is 8.11. The van der Waals surface area contributed by atoms with E-state index in [-0.39, 0.29) is 12.8 Å². The average molecular weight is 353 g/mol. The molecular weight excluding hydrogens is 334 g/mol. The molecule has 1 aromatic heterocycles. The van der Waals surface area contributed by atoms with Crippen molar-refractivity contribution in [1.82, 2.24) is 5.16 Å². The van der Waals surface area contributed by atoms with Gasteiger partial charge in [0.1, 0.15) is 23.0 Å². The van der Waals surface area contributed by atoms with Crippen molar-refractivity contribution in [2.45, 2.75) is 12.8 Å². The second kappa shape index (κ2) is 7.74. The number of carboxylic acids is 1. The van der Waals surface area contributed by atoms with Gasteiger partial charge in [-0.2, -0.15) is 0 Å². The molecule has 0 saturated carbocycles. The number of aromatic nitrogens is 1. The summed E-state index contributed by atoms with van der Waals surface area (Å²) in [6.07, 6.45) is 0.236. The lowest BCUT2D eigenvalue weighted by atomic mass is 9.97. The van der Waals surface area contributed by atoms with E-state index in [2.05, 4.69) is 5.16 Å². The van der Waals surface area contributed by atoms with E-state index in [0.29, 0.717) is 11.5 Å². The maximum Gasteiger partial charge on any atom is 0.303 e. The highest BCUT2D eigenvalue weighted by molar-refractivity contribution is 5.82. The van der Waals surface area contributed by atoms with Gasteiger partial charge in [-0.15, -0.1) is 0 Å². The molecule has 2 aromatic carbocycles. The van der Waals surface area contributed by atoms with Gasteiger partial charge in [0, 0.05) is 12.0 Å². The molecule has 0 spiro atoms. The van der Waals surface area contributed by atoms with Crippen LogP contribution in [0.2, 0.25) is 0 Å². The lowest BCUT2D eigenvalue weighted by Crippen LogP contribution is -1.98. The van der Waals surface area contributed by atoms with Gasteiger partial charge in [0.25, 0.3) is 0 Å². The number of benzene rings is 2. The zero-order chi connectivity index (χ0) is 18.5. The van der Waals surface area contributed by atoms with E-state index in [9.17, 15) is 4.79 Å². The van der Waals surface area contributed by atoms with Crippen LogP contribution in [-0.4, -0.2) is 30.5 Å². The minimum absolute atomic E-state index is 0.0274. The molecule has 0 atom stereocenters. The SMILES string of the molecule is COc1ccc(-c2noc(CCC(=O)O)c2-c2ccc(OC)cc2)cc1. The minimum Gasteiger partial charge on any atom is -0.497 e. The molecule has 0 aliphatic heterocycles. The summed E-state index contributed by atoms with van der Waals surface area (Å²) in [7, 11) is 3.22. The van der Waals surface area contributed by atoms with Gasteiger partial charge in [-0.1, -0.05) is 17.3 Å². The topological polar surface area (TPSA) is 81.8 Å². The van der Waals surface area contributed by atoms with E-state index >= 15 is 0 Å². The van der Waals surface area contributed by atoms with Gasteiger partial charge in [-0.25, -0.2) is 0 Å². The van der Waals surface area contributed by atoms with Crippen LogP contribution in [0.3, 0.4) is 0 Å². The fourth-order valence-corrected chi connectivity index (χ4v) is 2.72. The van der Waals surface area contributed by atoms with Gasteiger partial charge in [0.2, 0.25) is 0 Å². The summed E-state index contributed by atoms with van der Waals surface area (Å²) in [6, 6.07) is 15.0. The first-order chi connectivity index (χ1) is 12.6. The monoisotopic (exact) mass is 353 g/mol. The summed E-state index contributed by atoms with van der Waals surface area (Å²) < 4.78 is 15.9. The van der Waals surface area contributed by atoms with E-state index in [1.807, 2.05) is 48.5 Å². The molecule has 6 nitrogen and oxygen atoms in total. The molecule has 1 N–H and O–H groups in total. The maximum atomic E-state index is 11.0. The van der Waals surface area contributed by atoms with Crippen molar-refractivity contribution in [3.63, 3.8) is 0 Å². The molecular formula is C20H19NO5. The summed E-state index contributed by atoms with van der Waals surface area (Å²) in [5.41, 5.74) is 3.21. The Kier molecular flexibility index (Phi) is 5.22. The Hall–Kier alpha value is -3.28. The molecule has 134 valence electrons. The number of aliphatic carboxylic acids is 1. The molecule has 26 heavy (non-hydrogen) atoms. The van der Waals surface area contributed by atoms with Crippen molar-refractivity contribution < 1.29 is 23.9 Å². The van der Waals surface area contributed by atoms with Crippen molar-refractivity contribution >= 4 is 5.97 Å². The molecule has 0 aliphatic carbocycles. The third kappa shape index (κ3) is 3.69. The summed E-state index contributed by atoms with van der Waals surface area (Å²) >= 11 is 0. The van der Waals surface area contributed by atoms with Gasteiger partial charge in [0.15, 0.2) is 0 Å². The van der Waals surface area contributed by atoms with Crippen LogP contribution in [0.1, 0.15) is 12.2 Å². The number of carboxylic acid groups (broad SMARTS) is 1. The zero-order valence-corrected chi connectivity index (χ0v) is 14.6. The molecule has 0 saturated heterocycles. The molecule has 0 aliphatic rings. The van der Waals surface area contributed by atoms with Crippen LogP contribution in [0.15, 0.2) is 53.1 Å². The number of hydrogen-bond acceptors (Lipinski definition) is 5. The molecule has 3 aromatic rings. The number of rotatable bonds is 7. The van der Waals surface area contributed by atoms with Gasteiger partial charge < -0.3 is 19.1 Å². The van der Waals surface area contributed by atoms with Gasteiger partial charge in [-0.3, -0.25) is 4.79 Å². The molecule has 0 amide bonds. The summed E-state index contributed by atoms with van der Waals surface area (Å²) in [5.74, 6) is 1.15. The van der Waals surface area contributed by atoms with Gasteiger partial charge in [-0.05, 0) is 42.0 Å². The molecule has 0 bridgehead atoms. The zero-order valence-electron chi connectivity index (χ0n) is 14.6. The predicted molar refractivity (Wildman–Crippen MR) is 96.4 cm³/mol. The Morgan fingerprint density at radius 1 is 0.962 bits per heavy atom. The van der Waals surface area contributed by atoms with Crippen molar-refractivity contribution in [2.24, 2.45) is 0 Å². The Balaban J connectivity index is 2.06. The third-order valence-electron chi connectivity index (χ3n) is 4.07. The number of ether oxygens (including phenoxy) is 2. The highest BCUT2D eigenvalue weighted by Gasteiger charge is 2.20. The second-order valence-electron chi connectivity index (χ2n) is 5.68. The number of nitrogens with zero attached hydrogens (tertiary/aromatic N) is 1. The molecule has 0 fully saturated rings. The minimum atomic E-state index is -0.881. The van der Waals surface area contributed by atoms with Crippen LogP contribution in [0.4, 0.5) is 0 Å². The van der Waals surface area contributed by atoms with Crippen LogP contribution in [0, 0.1) is 0 Å². The normalized spacial score (nSPS) is 10.5. The fraction of sp³-hybridized carbons (Fsp3) is 0.200. The van der Waals surface area contributed by atoms with Gasteiger partial charge >= 0.3 is 5.97 Å². The van der Waals surface area contributed by atoms with Crippen molar-refractivity contribution in [1.29, 1.82) is 0 Å². The quantitative estimate of drug-likeness (QED) is 0.690. The summed E-state index contributed by atoms with van der Waals surface area (Å²) in [6.45, 7) is 0. The van der Waals surface area contributed by atoms with Crippen LogP contribution in [0.25, 0.3) is 22.4 Å². The molecule has 6 heteroatoms. The van der Waals surface area contributed by atoms with Crippen LogP contribution < -0.4 is 9.47 Å². The first kappa shape index (κ1) is 17.5. The third-order valence-corrected chi connectivity index (χ3v) is 4.07. The first-order valence-electron chi connectivity index (χ1n) is 8.11. The largest absolute Gasteiger partial charge is 0.497 e. The second-order valence-corrected chi connectivity index (χ2v) is 5.68. The Morgan fingerprint density at radius 2 is 1.50 bits per heavy atom. The number of methoxy groups -OCH3 is 2. The van der Waals surface area contributed by atoms with Crippen molar-refractivity contribution in [3.05, 3.63) is 54.3 Å². The molecule has 0 unspecified atom stereocenters. The predicted octanol–water partition coefficient (Wildman–Crippen LogP) is 4.04. The summed E-state index contributed by atoms with van der Waals surface area (Å²) in [4.78, 5) is 11.0. The highest BCUT2D eigenvalue weighted by Crippen LogP contribution is 2.36. The van der Waals surface area contributed by atoms with Crippen LogP contribution in [-0.2, 0) is 11.2 Å². The number of aryl methyl sites for hydroxylation is 1. The fourth-order valence-electron chi connectivity index (χ4n) is 2.72. The lowest BCUT2D eigenvalue weighted by Gasteiger charge is -2.07. The number of carbonyl (C=O) groups is 1. The smallest absolute Gasteiger partial charge is 0.303 e. The van der Waals surface area contributed by atoms with Gasteiger partial charge in [0.05, 0.1) is 26.2 Å². The van der Waals surface area contributed by atoms with E-state index in [1.165, 1.54) is 0 Å². The Bertz CT molecular complexity index is 882. The molecule has 0 radical (unpaired) electrons. The Morgan fingerprint density at radius 3 is 2.00 bits per heavy atom. The molecule has 1 heterocycles. The van der Waals surface area contributed by atoms with E-state index in [0.717, 1.165) is 28.2 Å². The van der Waals surface area contributed by atoms with Crippen LogP contribution in [0.5, 0.6) is 11.5 Å². The van der Waals surface area contributed by atoms with E-state index in [4.69, 9.17) is 19.1 Å². The maximum absolute atomic E-state index is 11.0. The summed E-state index contributed by atoms with van der Waals surface area (Å²) in [5, 5.41) is 13.2. The van der Waals surface area contributed by atoms with E-state index < -0.39 is 5.97 Å². The van der Waals surface area contributed by atoms with Crippen LogP contribution >= 0.6 is 0 Å². The Labute approximate surface area is 151 Å². The number of hydrogen-bond donors (Lipinski definition) is 1. The van der Waals surface area contributed by atoms with Crippen molar-refractivity contribution in [3.8, 4) is 33.9 Å². The standard InChI is InChI=1S/C20H19NO5/c1-24-15-7-3-13(4-8-15)19-17(11-12-18(22)23)26-21-20(19)14-5-9-16(25-2)10-6-14/h3-10H,11-12H2,1-2H3,(H,22,23). The lowest BCUT2D eigenvalue weighted by molar-refractivity contribution is -0.137. The average Bonchev–Trinajstić information content (AvgIpc) is 3.10. The molecule has 3 rings (SSSR count). The highest BCUT2D eigenvalue weighted by atomic mass is 16.5. The van der Waals surface area contributed by atoms with Crippen molar-refractivity contribution in [2.75, 3.05) is 14.2 Å².